The molecule has 0 aliphatic carbocycles. The standard InChI is InChI=1S/C13H14ClN5O3S/c1-3-11-16-17-13(18(11)2)23-7-12(20)15-10-6-8(19(21)22)4-5-9(10)14/h4-6H,3,7H2,1-2H3,(H,15,20). The molecular formula is C13H14ClN5O3S. The Bertz CT molecular complexity index is 749. The van der Waals surface area contributed by atoms with Crippen molar-refractivity contribution in [1.82, 2.24) is 14.8 Å². The van der Waals surface area contributed by atoms with E-state index in [4.69, 9.17) is 11.6 Å². The molecule has 1 aromatic heterocycles. The molecule has 0 saturated heterocycles. The third-order valence-electron chi connectivity index (χ3n) is 3.01. The minimum absolute atomic E-state index is 0.0920. The lowest BCUT2D eigenvalue weighted by Crippen LogP contribution is -2.15. The van der Waals surface area contributed by atoms with Crippen LogP contribution >= 0.6 is 23.4 Å². The number of nitro groups is 1. The van der Waals surface area contributed by atoms with E-state index in [2.05, 4.69) is 15.5 Å². The van der Waals surface area contributed by atoms with E-state index in [1.54, 1.807) is 0 Å². The normalized spacial score (nSPS) is 10.6. The summed E-state index contributed by atoms with van der Waals surface area (Å²) in [7, 11) is 1.83. The number of nitrogens with zero attached hydrogens (tertiary/aromatic N) is 4. The van der Waals surface area contributed by atoms with E-state index in [9.17, 15) is 14.9 Å². The van der Waals surface area contributed by atoms with Crippen molar-refractivity contribution in [2.75, 3.05) is 11.1 Å². The highest BCUT2D eigenvalue weighted by Crippen LogP contribution is 2.27. The first-order valence-corrected chi connectivity index (χ1v) is 8.03. The molecule has 0 unspecified atom stereocenters. The van der Waals surface area contributed by atoms with Gasteiger partial charge in [-0.05, 0) is 6.07 Å². The third-order valence-corrected chi connectivity index (χ3v) is 4.36. The number of hydrogen-bond donors (Lipinski definition) is 1. The number of rotatable bonds is 6. The van der Waals surface area contributed by atoms with Crippen molar-refractivity contribution in [2.24, 2.45) is 7.05 Å². The zero-order valence-corrected chi connectivity index (χ0v) is 14.0. The van der Waals surface area contributed by atoms with Gasteiger partial charge >= 0.3 is 0 Å². The van der Waals surface area contributed by atoms with Crippen LogP contribution in [-0.4, -0.2) is 31.3 Å². The molecule has 1 heterocycles. The van der Waals surface area contributed by atoms with Crippen LogP contribution in [0.4, 0.5) is 11.4 Å². The van der Waals surface area contributed by atoms with Gasteiger partial charge in [-0.15, -0.1) is 10.2 Å². The molecule has 1 N–H and O–H groups in total. The van der Waals surface area contributed by atoms with Crippen molar-refractivity contribution in [3.8, 4) is 0 Å². The first-order valence-electron chi connectivity index (χ1n) is 6.67. The Labute approximate surface area is 141 Å². The smallest absolute Gasteiger partial charge is 0.271 e. The van der Waals surface area contributed by atoms with Crippen LogP contribution in [0.5, 0.6) is 0 Å². The Morgan fingerprint density at radius 2 is 2.22 bits per heavy atom. The lowest BCUT2D eigenvalue weighted by atomic mass is 10.3. The first-order chi connectivity index (χ1) is 10.9. The number of anilines is 1. The van der Waals surface area contributed by atoms with Crippen molar-refractivity contribution in [3.63, 3.8) is 0 Å². The monoisotopic (exact) mass is 355 g/mol. The number of thioether (sulfide) groups is 1. The predicted molar refractivity (Wildman–Crippen MR) is 87.8 cm³/mol. The Morgan fingerprint density at radius 3 is 2.83 bits per heavy atom. The summed E-state index contributed by atoms with van der Waals surface area (Å²) in [5.41, 5.74) is 0.0666. The molecule has 0 atom stereocenters. The molecule has 0 aliphatic rings. The molecule has 2 rings (SSSR count). The largest absolute Gasteiger partial charge is 0.324 e. The molecule has 0 fully saturated rings. The quantitative estimate of drug-likeness (QED) is 0.485. The van der Waals surface area contributed by atoms with Gasteiger partial charge in [0.05, 0.1) is 21.4 Å². The van der Waals surface area contributed by atoms with Gasteiger partial charge in [0.15, 0.2) is 5.16 Å². The second-order valence-corrected chi connectivity index (χ2v) is 5.92. The molecule has 1 aromatic carbocycles. The summed E-state index contributed by atoms with van der Waals surface area (Å²) in [6.45, 7) is 1.97. The minimum atomic E-state index is -0.549. The molecule has 10 heteroatoms. The van der Waals surface area contributed by atoms with Gasteiger partial charge in [0.1, 0.15) is 5.82 Å². The maximum Gasteiger partial charge on any atom is 0.271 e. The zero-order chi connectivity index (χ0) is 17.0. The molecule has 122 valence electrons. The molecule has 0 aliphatic heterocycles. The number of nitrogens with one attached hydrogen (secondary N) is 1. The van der Waals surface area contributed by atoms with E-state index >= 15 is 0 Å². The van der Waals surface area contributed by atoms with Gasteiger partial charge < -0.3 is 9.88 Å². The molecule has 23 heavy (non-hydrogen) atoms. The van der Waals surface area contributed by atoms with E-state index in [1.165, 1.54) is 30.0 Å². The number of halogens is 1. The van der Waals surface area contributed by atoms with E-state index in [1.807, 2.05) is 18.5 Å². The average Bonchev–Trinajstić information content (AvgIpc) is 2.87. The number of carbonyl (C=O) groups is 1. The zero-order valence-electron chi connectivity index (χ0n) is 12.4. The highest BCUT2D eigenvalue weighted by atomic mass is 35.5. The molecule has 0 radical (unpaired) electrons. The maximum absolute atomic E-state index is 12.0. The van der Waals surface area contributed by atoms with E-state index in [-0.39, 0.29) is 28.1 Å². The number of aromatic nitrogens is 3. The van der Waals surface area contributed by atoms with Gasteiger partial charge in [0.25, 0.3) is 5.69 Å². The Hall–Kier alpha value is -2.13. The SMILES string of the molecule is CCc1nnc(SCC(=O)Nc2cc([N+](=O)[O-])ccc2Cl)n1C. The summed E-state index contributed by atoms with van der Waals surface area (Å²) < 4.78 is 1.82. The number of carbonyl (C=O) groups excluding carboxylic acids is 1. The van der Waals surface area contributed by atoms with Crippen LogP contribution in [0.15, 0.2) is 23.4 Å². The molecular weight excluding hydrogens is 342 g/mol. The molecule has 2 aromatic rings. The summed E-state index contributed by atoms with van der Waals surface area (Å²) in [6, 6.07) is 3.87. The maximum atomic E-state index is 12.0. The van der Waals surface area contributed by atoms with Crippen LogP contribution in [-0.2, 0) is 18.3 Å². The Balaban J connectivity index is 2.01. The van der Waals surface area contributed by atoms with Crippen molar-refractivity contribution in [1.29, 1.82) is 0 Å². The number of benzene rings is 1. The van der Waals surface area contributed by atoms with Gasteiger partial charge in [0.2, 0.25) is 5.91 Å². The van der Waals surface area contributed by atoms with Crippen LogP contribution in [0.3, 0.4) is 0 Å². The summed E-state index contributed by atoms with van der Waals surface area (Å²) in [5.74, 6) is 0.586. The molecule has 0 saturated carbocycles. The topological polar surface area (TPSA) is 103 Å². The highest BCUT2D eigenvalue weighted by Gasteiger charge is 2.14. The van der Waals surface area contributed by atoms with Crippen LogP contribution in [0.2, 0.25) is 5.02 Å². The Morgan fingerprint density at radius 1 is 1.48 bits per heavy atom. The van der Waals surface area contributed by atoms with Crippen LogP contribution in [0.25, 0.3) is 0 Å². The molecule has 0 bridgehead atoms. The molecule has 8 nitrogen and oxygen atoms in total. The van der Waals surface area contributed by atoms with Gasteiger partial charge in [-0.1, -0.05) is 30.3 Å². The number of amides is 1. The van der Waals surface area contributed by atoms with Gasteiger partial charge in [-0.2, -0.15) is 0 Å². The van der Waals surface area contributed by atoms with Crippen LogP contribution in [0.1, 0.15) is 12.7 Å². The fourth-order valence-corrected chi connectivity index (χ4v) is 2.71. The van der Waals surface area contributed by atoms with Crippen LogP contribution < -0.4 is 5.32 Å². The molecule has 1 amide bonds. The minimum Gasteiger partial charge on any atom is -0.324 e. The number of hydrogen-bond acceptors (Lipinski definition) is 6. The highest BCUT2D eigenvalue weighted by molar-refractivity contribution is 7.99. The average molecular weight is 356 g/mol. The van der Waals surface area contributed by atoms with Gasteiger partial charge in [-0.25, -0.2) is 0 Å². The van der Waals surface area contributed by atoms with Crippen molar-refractivity contribution >= 4 is 40.6 Å². The number of aryl methyl sites for hydroxylation is 1. The summed E-state index contributed by atoms with van der Waals surface area (Å²) in [5, 5.41) is 22.2. The lowest BCUT2D eigenvalue weighted by molar-refractivity contribution is -0.384. The summed E-state index contributed by atoms with van der Waals surface area (Å²) in [6.07, 6.45) is 0.750. The number of non-ortho nitro benzene ring substituents is 1. The van der Waals surface area contributed by atoms with Crippen molar-refractivity contribution in [2.45, 2.75) is 18.5 Å². The van der Waals surface area contributed by atoms with Gasteiger partial charge in [0, 0.05) is 25.6 Å². The fourth-order valence-electron chi connectivity index (χ4n) is 1.82. The van der Waals surface area contributed by atoms with Crippen LogP contribution in [0, 0.1) is 10.1 Å². The Kier molecular flexibility index (Phi) is 5.56. The lowest BCUT2D eigenvalue weighted by Gasteiger charge is -2.07. The second-order valence-electron chi connectivity index (χ2n) is 4.57. The van der Waals surface area contributed by atoms with Crippen molar-refractivity contribution < 1.29 is 9.72 Å². The second kappa shape index (κ2) is 7.42. The van der Waals surface area contributed by atoms with Gasteiger partial charge in [-0.3, -0.25) is 14.9 Å². The summed E-state index contributed by atoms with van der Waals surface area (Å²) in [4.78, 5) is 22.2. The van der Waals surface area contributed by atoms with E-state index in [0.29, 0.717) is 5.16 Å². The predicted octanol–water partition coefficient (Wildman–Crippen LogP) is 2.67. The van der Waals surface area contributed by atoms with Crippen molar-refractivity contribution in [3.05, 3.63) is 39.2 Å². The molecule has 0 spiro atoms. The summed E-state index contributed by atoms with van der Waals surface area (Å²) >= 11 is 7.17. The fraction of sp³-hybridized carbons (Fsp3) is 0.308. The first kappa shape index (κ1) is 17.2. The van der Waals surface area contributed by atoms with E-state index < -0.39 is 4.92 Å². The third kappa shape index (κ3) is 4.20. The van der Waals surface area contributed by atoms with E-state index in [0.717, 1.165) is 12.2 Å². The number of nitro benzene ring substituents is 1.